The van der Waals surface area contributed by atoms with E-state index in [0.717, 1.165) is 63.5 Å². The van der Waals surface area contributed by atoms with Crippen molar-refractivity contribution in [1.82, 2.24) is 9.80 Å². The molecule has 2 aliphatic heterocycles. The number of aliphatic carboxylic acids is 4. The van der Waals surface area contributed by atoms with Crippen molar-refractivity contribution in [2.45, 2.75) is 29.6 Å². The number of carboxylic acid groups (broad SMARTS) is 4. The SMILES string of the molecule is CCC(=O)c1ccc2c(c1)N(CCCN1CCN(CCO)CC1)c1ccccc1S2.O=C(O)/C=C\C(=O)O.O=C(O)/C=C\C(=O)O. The monoisotopic (exact) mass is 657 g/mol. The van der Waals surface area contributed by atoms with E-state index in [2.05, 4.69) is 51.1 Å². The van der Waals surface area contributed by atoms with Gasteiger partial charge in [-0.15, -0.1) is 0 Å². The first-order valence-electron chi connectivity index (χ1n) is 14.5. The van der Waals surface area contributed by atoms with Crippen LogP contribution in [-0.4, -0.2) is 117 Å². The summed E-state index contributed by atoms with van der Waals surface area (Å²) in [4.78, 5) is 60.3. The van der Waals surface area contributed by atoms with Crippen LogP contribution in [0.5, 0.6) is 0 Å². The van der Waals surface area contributed by atoms with Crippen molar-refractivity contribution in [3.05, 3.63) is 72.3 Å². The topological polar surface area (TPSA) is 196 Å². The molecule has 0 aromatic heterocycles. The van der Waals surface area contributed by atoms with Crippen LogP contribution in [0.4, 0.5) is 11.4 Å². The smallest absolute Gasteiger partial charge is 0.328 e. The molecule has 0 bridgehead atoms. The predicted octanol–water partition coefficient (Wildman–Crippen LogP) is 3.31. The van der Waals surface area contributed by atoms with E-state index in [1.54, 1.807) is 11.8 Å². The van der Waals surface area contributed by atoms with Gasteiger partial charge in [-0.3, -0.25) is 9.69 Å². The highest BCUT2D eigenvalue weighted by Crippen LogP contribution is 2.48. The number of aliphatic hydroxyl groups is 1. The summed E-state index contributed by atoms with van der Waals surface area (Å²) < 4.78 is 0. The number of benzene rings is 2. The van der Waals surface area contributed by atoms with Gasteiger partial charge in [0, 0.05) is 85.3 Å². The van der Waals surface area contributed by atoms with Crippen LogP contribution in [0.25, 0.3) is 0 Å². The average Bonchev–Trinajstić information content (AvgIpc) is 3.03. The molecule has 2 aromatic rings. The van der Waals surface area contributed by atoms with Crippen LogP contribution in [0.3, 0.4) is 0 Å². The highest BCUT2D eigenvalue weighted by molar-refractivity contribution is 7.99. The van der Waals surface area contributed by atoms with Crippen LogP contribution in [0.15, 0.2) is 76.6 Å². The van der Waals surface area contributed by atoms with Gasteiger partial charge in [-0.1, -0.05) is 36.9 Å². The zero-order valence-corrected chi connectivity index (χ0v) is 26.3. The molecular weight excluding hydrogens is 618 g/mol. The number of carbonyl (C=O) groups excluding carboxylic acids is 1. The molecular formula is C32H39N3O10S. The number of piperazine rings is 1. The van der Waals surface area contributed by atoms with Crippen LogP contribution in [0, 0.1) is 0 Å². The lowest BCUT2D eigenvalue weighted by atomic mass is 10.1. The Labute approximate surface area is 271 Å². The Kier molecular flexibility index (Phi) is 16.2. The largest absolute Gasteiger partial charge is 0.478 e. The molecule has 0 unspecified atom stereocenters. The number of carbonyl (C=O) groups is 5. The minimum Gasteiger partial charge on any atom is -0.478 e. The summed E-state index contributed by atoms with van der Waals surface area (Å²) in [5.41, 5.74) is 3.20. The summed E-state index contributed by atoms with van der Waals surface area (Å²) >= 11 is 1.79. The highest BCUT2D eigenvalue weighted by atomic mass is 32.2. The maximum absolute atomic E-state index is 12.3. The minimum atomic E-state index is -1.26. The first-order valence-corrected chi connectivity index (χ1v) is 15.3. The Morgan fingerprint density at radius 1 is 0.696 bits per heavy atom. The molecule has 46 heavy (non-hydrogen) atoms. The Morgan fingerprint density at radius 3 is 1.70 bits per heavy atom. The van der Waals surface area contributed by atoms with Crippen molar-refractivity contribution in [3.63, 3.8) is 0 Å². The lowest BCUT2D eigenvalue weighted by molar-refractivity contribution is -0.134. The average molecular weight is 658 g/mol. The molecule has 2 aliphatic rings. The van der Waals surface area contributed by atoms with Crippen molar-refractivity contribution < 1.29 is 49.5 Å². The van der Waals surface area contributed by atoms with E-state index < -0.39 is 23.9 Å². The number of ketones is 1. The van der Waals surface area contributed by atoms with Crippen molar-refractivity contribution in [2.24, 2.45) is 0 Å². The molecule has 2 heterocycles. The van der Waals surface area contributed by atoms with Crippen LogP contribution in [0.1, 0.15) is 30.1 Å². The van der Waals surface area contributed by atoms with E-state index in [1.807, 2.05) is 13.0 Å². The van der Waals surface area contributed by atoms with Crippen molar-refractivity contribution in [2.75, 3.05) is 57.3 Å². The van der Waals surface area contributed by atoms with Crippen LogP contribution < -0.4 is 4.90 Å². The number of carboxylic acids is 4. The molecule has 1 fully saturated rings. The first kappa shape index (κ1) is 37.7. The zero-order chi connectivity index (χ0) is 34.1. The minimum absolute atomic E-state index is 0.197. The molecule has 14 heteroatoms. The molecule has 248 valence electrons. The van der Waals surface area contributed by atoms with Gasteiger partial charge in [0.05, 0.1) is 18.0 Å². The number of hydrogen-bond donors (Lipinski definition) is 5. The molecule has 5 N–H and O–H groups in total. The Morgan fingerprint density at radius 2 is 1.20 bits per heavy atom. The lowest BCUT2D eigenvalue weighted by Crippen LogP contribution is -2.47. The third kappa shape index (κ3) is 13.2. The van der Waals surface area contributed by atoms with Crippen molar-refractivity contribution >= 4 is 52.8 Å². The number of β-amino-alcohol motifs (C(OH)–C–C–N with tert-alkyl or cyclic N) is 1. The number of fused-ring (bicyclic) bond motifs is 2. The van der Waals surface area contributed by atoms with E-state index in [0.29, 0.717) is 30.7 Å². The molecule has 2 aromatic carbocycles. The second kappa shape index (κ2) is 19.8. The molecule has 0 saturated carbocycles. The van der Waals surface area contributed by atoms with Gasteiger partial charge < -0.3 is 35.3 Å². The number of anilines is 2. The van der Waals surface area contributed by atoms with Gasteiger partial charge in [0.1, 0.15) is 0 Å². The fourth-order valence-corrected chi connectivity index (χ4v) is 5.64. The van der Waals surface area contributed by atoms with Gasteiger partial charge in [-0.2, -0.15) is 0 Å². The fraction of sp³-hybridized carbons (Fsp3) is 0.344. The number of para-hydroxylation sites is 1. The lowest BCUT2D eigenvalue weighted by Gasteiger charge is -2.36. The maximum atomic E-state index is 12.3. The fourth-order valence-electron chi connectivity index (χ4n) is 4.56. The van der Waals surface area contributed by atoms with E-state index in [-0.39, 0.29) is 12.4 Å². The van der Waals surface area contributed by atoms with Crippen molar-refractivity contribution in [1.29, 1.82) is 0 Å². The molecule has 13 nitrogen and oxygen atoms in total. The molecule has 0 atom stereocenters. The molecule has 0 radical (unpaired) electrons. The Balaban J connectivity index is 0.000000381. The molecule has 0 aliphatic carbocycles. The standard InChI is InChI=1S/C24H31N3O2S.2C4H4O4/c1-2-22(29)19-8-9-24-21(18-19)27(20-6-3-4-7-23(20)30-24)11-5-10-25-12-14-26(15-13-25)16-17-28;2*5-3(6)1-2-4(7)8/h3-4,6-9,18,28H,2,5,10-17H2,1H3;2*1-2H,(H,5,6)(H,7,8)/b;2*2-1-. The molecule has 0 spiro atoms. The number of nitrogens with zero attached hydrogens (tertiary/aromatic N) is 3. The van der Waals surface area contributed by atoms with Crippen LogP contribution >= 0.6 is 11.8 Å². The van der Waals surface area contributed by atoms with Gasteiger partial charge in [0.2, 0.25) is 0 Å². The maximum Gasteiger partial charge on any atom is 0.328 e. The summed E-state index contributed by atoms with van der Waals surface area (Å²) in [6, 6.07) is 14.7. The second-order valence-corrected chi connectivity index (χ2v) is 11.0. The van der Waals surface area contributed by atoms with E-state index >= 15 is 0 Å². The molecule has 1 saturated heterocycles. The predicted molar refractivity (Wildman–Crippen MR) is 172 cm³/mol. The number of Topliss-reactive ketones (excluding diaryl/α,β-unsaturated/α-hetero) is 1. The van der Waals surface area contributed by atoms with Crippen molar-refractivity contribution in [3.8, 4) is 0 Å². The molecule has 4 rings (SSSR count). The third-order valence-electron chi connectivity index (χ3n) is 6.74. The van der Waals surface area contributed by atoms with E-state index in [4.69, 9.17) is 25.5 Å². The molecule has 0 amide bonds. The summed E-state index contributed by atoms with van der Waals surface area (Å²) in [6.45, 7) is 9.16. The highest BCUT2D eigenvalue weighted by Gasteiger charge is 2.24. The number of aliphatic hydroxyl groups excluding tert-OH is 1. The quantitative estimate of drug-likeness (QED) is 0.165. The van der Waals surface area contributed by atoms with E-state index in [9.17, 15) is 24.0 Å². The first-order chi connectivity index (χ1) is 21.9. The third-order valence-corrected chi connectivity index (χ3v) is 7.87. The Bertz CT molecular complexity index is 1350. The summed E-state index contributed by atoms with van der Waals surface area (Å²) in [7, 11) is 0. The Hall–Kier alpha value is -4.50. The van der Waals surface area contributed by atoms with E-state index in [1.165, 1.54) is 15.5 Å². The second-order valence-electron chi connectivity index (χ2n) is 9.96. The van der Waals surface area contributed by atoms with Gasteiger partial charge in [-0.05, 0) is 37.2 Å². The van der Waals surface area contributed by atoms with Crippen LogP contribution in [0.2, 0.25) is 0 Å². The summed E-state index contributed by atoms with van der Waals surface area (Å²) in [5.74, 6) is -4.83. The normalized spacial score (nSPS) is 14.3. The zero-order valence-electron chi connectivity index (χ0n) is 25.4. The van der Waals surface area contributed by atoms with Gasteiger partial charge in [-0.25, -0.2) is 19.2 Å². The van der Waals surface area contributed by atoms with Gasteiger partial charge >= 0.3 is 23.9 Å². The number of hydrogen-bond acceptors (Lipinski definition) is 10. The van der Waals surface area contributed by atoms with Crippen LogP contribution in [-0.2, 0) is 19.2 Å². The summed E-state index contributed by atoms with van der Waals surface area (Å²) in [5, 5.41) is 40.4. The van der Waals surface area contributed by atoms with Gasteiger partial charge in [0.25, 0.3) is 0 Å². The van der Waals surface area contributed by atoms with Gasteiger partial charge in [0.15, 0.2) is 5.78 Å². The summed E-state index contributed by atoms with van der Waals surface area (Å²) in [6.07, 6.45) is 3.84. The number of rotatable bonds is 12.